The summed E-state index contributed by atoms with van der Waals surface area (Å²) >= 11 is 0. The average molecular weight is 248 g/mol. The lowest BCUT2D eigenvalue weighted by Gasteiger charge is -2.07. The van der Waals surface area contributed by atoms with Crippen molar-refractivity contribution in [2.45, 2.75) is 20.0 Å². The van der Waals surface area contributed by atoms with Crippen molar-refractivity contribution in [2.75, 3.05) is 0 Å². The molecule has 0 saturated heterocycles. The Kier molecular flexibility index (Phi) is 3.99. The third kappa shape index (κ3) is 3.11. The van der Waals surface area contributed by atoms with Crippen molar-refractivity contribution in [3.63, 3.8) is 0 Å². The van der Waals surface area contributed by atoms with Gasteiger partial charge in [-0.25, -0.2) is 8.78 Å². The first-order valence-electron chi connectivity index (χ1n) is 5.72. The Morgan fingerprint density at radius 3 is 2.78 bits per heavy atom. The summed E-state index contributed by atoms with van der Waals surface area (Å²) in [7, 11) is 0. The molecule has 0 unspecified atom stereocenters. The zero-order valence-corrected chi connectivity index (χ0v) is 10.1. The maximum Gasteiger partial charge on any atom is 0.127 e. The van der Waals surface area contributed by atoms with E-state index in [0.29, 0.717) is 12.1 Å². The van der Waals surface area contributed by atoms with Crippen LogP contribution in [0.25, 0.3) is 0 Å². The van der Waals surface area contributed by atoms with Crippen LogP contribution in [0.5, 0.6) is 0 Å². The Morgan fingerprint density at radius 2 is 2.00 bits per heavy atom. The van der Waals surface area contributed by atoms with Gasteiger partial charge in [-0.05, 0) is 36.8 Å². The SMILES string of the molecule is Cc1cccnc1CNCc1cc(F)ccc1F. The van der Waals surface area contributed by atoms with Crippen LogP contribution in [0.1, 0.15) is 16.8 Å². The van der Waals surface area contributed by atoms with E-state index in [1.165, 1.54) is 6.07 Å². The van der Waals surface area contributed by atoms with Gasteiger partial charge in [-0.3, -0.25) is 4.98 Å². The molecule has 1 aromatic heterocycles. The molecule has 0 aliphatic heterocycles. The summed E-state index contributed by atoms with van der Waals surface area (Å²) in [4.78, 5) is 4.22. The first kappa shape index (κ1) is 12.6. The highest BCUT2D eigenvalue weighted by Crippen LogP contribution is 2.10. The highest BCUT2D eigenvalue weighted by atomic mass is 19.1. The van der Waals surface area contributed by atoms with E-state index >= 15 is 0 Å². The third-order valence-corrected chi connectivity index (χ3v) is 2.73. The van der Waals surface area contributed by atoms with Gasteiger partial charge in [-0.15, -0.1) is 0 Å². The largest absolute Gasteiger partial charge is 0.307 e. The Bertz CT molecular complexity index is 541. The van der Waals surface area contributed by atoms with Gasteiger partial charge in [0.05, 0.1) is 5.69 Å². The molecule has 2 nitrogen and oxygen atoms in total. The molecule has 1 aromatic carbocycles. The average Bonchev–Trinajstić information content (AvgIpc) is 2.36. The van der Waals surface area contributed by atoms with Gasteiger partial charge < -0.3 is 5.32 Å². The number of nitrogens with one attached hydrogen (secondary N) is 1. The lowest BCUT2D eigenvalue weighted by molar-refractivity contribution is 0.567. The van der Waals surface area contributed by atoms with Gasteiger partial charge >= 0.3 is 0 Å². The maximum atomic E-state index is 13.4. The second-order valence-corrected chi connectivity index (χ2v) is 4.11. The number of rotatable bonds is 4. The molecule has 0 bridgehead atoms. The minimum Gasteiger partial charge on any atom is -0.307 e. The molecular formula is C14H14F2N2. The lowest BCUT2D eigenvalue weighted by Crippen LogP contribution is -2.15. The summed E-state index contributed by atoms with van der Waals surface area (Å²) in [6.45, 7) is 2.77. The fourth-order valence-corrected chi connectivity index (χ4v) is 1.70. The number of aryl methyl sites for hydroxylation is 1. The molecule has 4 heteroatoms. The van der Waals surface area contributed by atoms with Gasteiger partial charge in [0.1, 0.15) is 11.6 Å². The minimum atomic E-state index is -0.429. The Labute approximate surface area is 105 Å². The second kappa shape index (κ2) is 5.69. The normalized spacial score (nSPS) is 10.6. The van der Waals surface area contributed by atoms with Crippen LogP contribution >= 0.6 is 0 Å². The molecule has 1 heterocycles. The molecule has 0 aliphatic carbocycles. The molecule has 1 N–H and O–H groups in total. The van der Waals surface area contributed by atoms with E-state index < -0.39 is 11.6 Å². The van der Waals surface area contributed by atoms with E-state index in [1.54, 1.807) is 6.20 Å². The number of hydrogen-bond donors (Lipinski definition) is 1. The van der Waals surface area contributed by atoms with Gasteiger partial charge in [-0.1, -0.05) is 6.07 Å². The van der Waals surface area contributed by atoms with Crippen LogP contribution in [0.2, 0.25) is 0 Å². The van der Waals surface area contributed by atoms with E-state index in [-0.39, 0.29) is 6.54 Å². The summed E-state index contributed by atoms with van der Waals surface area (Å²) in [6.07, 6.45) is 1.72. The first-order chi connectivity index (χ1) is 8.66. The smallest absolute Gasteiger partial charge is 0.127 e. The summed E-state index contributed by atoms with van der Waals surface area (Å²) in [5, 5.41) is 3.06. The fraction of sp³-hybridized carbons (Fsp3) is 0.214. The molecule has 2 aromatic rings. The zero-order valence-electron chi connectivity index (χ0n) is 10.1. The van der Waals surface area contributed by atoms with Gasteiger partial charge in [0.25, 0.3) is 0 Å². The summed E-state index contributed by atoms with van der Waals surface area (Å²) in [5.74, 6) is -0.830. The molecule has 0 radical (unpaired) electrons. The predicted molar refractivity (Wildman–Crippen MR) is 65.9 cm³/mol. The molecule has 0 fully saturated rings. The molecule has 94 valence electrons. The van der Waals surface area contributed by atoms with Gasteiger partial charge in [0, 0.05) is 24.8 Å². The highest BCUT2D eigenvalue weighted by Gasteiger charge is 2.04. The van der Waals surface area contributed by atoms with Crippen LogP contribution in [0.4, 0.5) is 8.78 Å². The van der Waals surface area contributed by atoms with Gasteiger partial charge in [-0.2, -0.15) is 0 Å². The summed E-state index contributed by atoms with van der Waals surface area (Å²) in [5.41, 5.74) is 2.31. The number of halogens is 2. The minimum absolute atomic E-state index is 0.277. The van der Waals surface area contributed by atoms with Crippen molar-refractivity contribution in [3.8, 4) is 0 Å². The van der Waals surface area contributed by atoms with Crippen LogP contribution in [-0.2, 0) is 13.1 Å². The second-order valence-electron chi connectivity index (χ2n) is 4.11. The van der Waals surface area contributed by atoms with Crippen molar-refractivity contribution in [3.05, 3.63) is 65.0 Å². The van der Waals surface area contributed by atoms with Crippen LogP contribution in [0, 0.1) is 18.6 Å². The number of nitrogens with zero attached hydrogens (tertiary/aromatic N) is 1. The van der Waals surface area contributed by atoms with E-state index in [1.807, 2.05) is 19.1 Å². The maximum absolute atomic E-state index is 13.4. The molecule has 0 saturated carbocycles. The molecule has 0 aliphatic rings. The van der Waals surface area contributed by atoms with Crippen molar-refractivity contribution >= 4 is 0 Å². The fourth-order valence-electron chi connectivity index (χ4n) is 1.70. The lowest BCUT2D eigenvalue weighted by atomic mass is 10.2. The summed E-state index contributed by atoms with van der Waals surface area (Å²) < 4.78 is 26.3. The molecule has 0 amide bonds. The van der Waals surface area contributed by atoms with Crippen LogP contribution in [-0.4, -0.2) is 4.98 Å². The highest BCUT2D eigenvalue weighted by molar-refractivity contribution is 5.20. The number of benzene rings is 1. The summed E-state index contributed by atoms with van der Waals surface area (Å²) in [6, 6.07) is 7.28. The molecule has 2 rings (SSSR count). The van der Waals surface area contributed by atoms with Crippen molar-refractivity contribution < 1.29 is 8.78 Å². The third-order valence-electron chi connectivity index (χ3n) is 2.73. The Morgan fingerprint density at radius 1 is 1.17 bits per heavy atom. The van der Waals surface area contributed by atoms with Crippen molar-refractivity contribution in [1.29, 1.82) is 0 Å². The molecule has 18 heavy (non-hydrogen) atoms. The first-order valence-corrected chi connectivity index (χ1v) is 5.72. The number of aromatic nitrogens is 1. The van der Waals surface area contributed by atoms with E-state index in [4.69, 9.17) is 0 Å². The predicted octanol–water partition coefficient (Wildman–Crippen LogP) is 2.96. The molecule has 0 atom stereocenters. The number of hydrogen-bond acceptors (Lipinski definition) is 2. The van der Waals surface area contributed by atoms with E-state index in [2.05, 4.69) is 10.3 Å². The van der Waals surface area contributed by atoms with E-state index in [0.717, 1.165) is 23.4 Å². The quantitative estimate of drug-likeness (QED) is 0.899. The monoisotopic (exact) mass is 248 g/mol. The van der Waals surface area contributed by atoms with Crippen LogP contribution in [0.15, 0.2) is 36.5 Å². The Balaban J connectivity index is 1.96. The zero-order chi connectivity index (χ0) is 13.0. The van der Waals surface area contributed by atoms with Crippen molar-refractivity contribution in [1.82, 2.24) is 10.3 Å². The van der Waals surface area contributed by atoms with Gasteiger partial charge in [0.15, 0.2) is 0 Å². The van der Waals surface area contributed by atoms with Crippen molar-refractivity contribution in [2.24, 2.45) is 0 Å². The number of pyridine rings is 1. The van der Waals surface area contributed by atoms with Crippen LogP contribution in [0.3, 0.4) is 0 Å². The van der Waals surface area contributed by atoms with Gasteiger partial charge in [0.2, 0.25) is 0 Å². The molecular weight excluding hydrogens is 234 g/mol. The standard InChI is InChI=1S/C14H14F2N2/c1-10-3-2-6-18-14(10)9-17-8-11-7-12(15)4-5-13(11)16/h2-7,17H,8-9H2,1H3. The van der Waals surface area contributed by atoms with Crippen LogP contribution < -0.4 is 5.32 Å². The molecule has 0 spiro atoms. The topological polar surface area (TPSA) is 24.9 Å². The Hall–Kier alpha value is -1.81. The van der Waals surface area contributed by atoms with E-state index in [9.17, 15) is 8.78 Å².